The molecule has 0 saturated heterocycles. The Morgan fingerprint density at radius 1 is 1.24 bits per heavy atom. The molecule has 1 aliphatic rings. The second kappa shape index (κ2) is 7.98. The van der Waals surface area contributed by atoms with Gasteiger partial charge in [-0.25, -0.2) is 0 Å². The monoisotopic (exact) mass is 360 g/mol. The summed E-state index contributed by atoms with van der Waals surface area (Å²) in [6, 6.07) is 11.7. The van der Waals surface area contributed by atoms with Crippen LogP contribution in [0, 0.1) is 0 Å². The number of hydrogen-bond donors (Lipinski definition) is 1. The lowest BCUT2D eigenvalue weighted by Gasteiger charge is -2.27. The first-order valence-electron chi connectivity index (χ1n) is 8.87. The maximum Gasteiger partial charge on any atom is 0.207 e. The van der Waals surface area contributed by atoms with Gasteiger partial charge in [-0.15, -0.1) is 5.06 Å². The quantitative estimate of drug-likeness (QED) is 0.647. The van der Waals surface area contributed by atoms with Gasteiger partial charge in [-0.2, -0.15) is 0 Å². The van der Waals surface area contributed by atoms with Gasteiger partial charge in [-0.1, -0.05) is 49.9 Å². The summed E-state index contributed by atoms with van der Waals surface area (Å²) >= 11 is 6.08. The average Bonchev–Trinajstić information content (AvgIpc) is 3.21. The number of rotatable bonds is 7. The van der Waals surface area contributed by atoms with Crippen molar-refractivity contribution in [2.75, 3.05) is 0 Å². The highest BCUT2D eigenvalue weighted by atomic mass is 35.5. The molecule has 0 bridgehead atoms. The zero-order valence-electron chi connectivity index (χ0n) is 14.7. The molecule has 0 spiro atoms. The van der Waals surface area contributed by atoms with E-state index in [0.29, 0.717) is 10.9 Å². The van der Waals surface area contributed by atoms with Crippen LogP contribution in [0.15, 0.2) is 52.8 Å². The highest BCUT2D eigenvalue weighted by Gasteiger charge is 2.33. The van der Waals surface area contributed by atoms with Gasteiger partial charge in [0.2, 0.25) is 5.88 Å². The molecule has 1 aliphatic heterocycles. The predicted octanol–water partition coefficient (Wildman–Crippen LogP) is 5.66. The first-order valence-corrected chi connectivity index (χ1v) is 9.25. The van der Waals surface area contributed by atoms with E-state index in [1.54, 1.807) is 0 Å². The lowest BCUT2D eigenvalue weighted by molar-refractivity contribution is -0.152. The molecule has 5 heteroatoms. The number of nitrogens with zero attached hydrogens (tertiary/aromatic N) is 1. The zero-order valence-corrected chi connectivity index (χ0v) is 15.5. The first-order chi connectivity index (χ1) is 12.1. The van der Waals surface area contributed by atoms with Crippen molar-refractivity contribution in [2.24, 2.45) is 5.73 Å². The lowest BCUT2D eigenvalue weighted by Crippen LogP contribution is -2.32. The summed E-state index contributed by atoms with van der Waals surface area (Å²) in [6.07, 6.45) is 6.57. The molecule has 2 aromatic rings. The van der Waals surface area contributed by atoms with Gasteiger partial charge in [0.15, 0.2) is 0 Å². The van der Waals surface area contributed by atoms with Gasteiger partial charge in [0.1, 0.15) is 17.6 Å². The Morgan fingerprint density at radius 2 is 2.08 bits per heavy atom. The van der Waals surface area contributed by atoms with Crippen molar-refractivity contribution in [2.45, 2.75) is 51.6 Å². The summed E-state index contributed by atoms with van der Waals surface area (Å²) in [7, 11) is 0. The van der Waals surface area contributed by atoms with Crippen LogP contribution in [0.3, 0.4) is 0 Å². The van der Waals surface area contributed by atoms with Gasteiger partial charge in [-0.05, 0) is 37.6 Å². The van der Waals surface area contributed by atoms with Gasteiger partial charge in [0, 0.05) is 22.7 Å². The van der Waals surface area contributed by atoms with Crippen molar-refractivity contribution in [1.82, 2.24) is 5.06 Å². The minimum absolute atomic E-state index is 0.107. The van der Waals surface area contributed by atoms with E-state index in [-0.39, 0.29) is 12.1 Å². The predicted molar refractivity (Wildman–Crippen MR) is 101 cm³/mol. The van der Waals surface area contributed by atoms with E-state index >= 15 is 0 Å². The molecule has 0 fully saturated rings. The fourth-order valence-electron chi connectivity index (χ4n) is 3.14. The molecule has 2 heterocycles. The highest BCUT2D eigenvalue weighted by Crippen LogP contribution is 2.36. The van der Waals surface area contributed by atoms with E-state index in [1.165, 1.54) is 19.3 Å². The van der Waals surface area contributed by atoms with Crippen LogP contribution in [0.1, 0.15) is 51.3 Å². The summed E-state index contributed by atoms with van der Waals surface area (Å²) in [4.78, 5) is 5.75. The zero-order chi connectivity index (χ0) is 17.8. The fraction of sp³-hybridized carbons (Fsp3) is 0.400. The van der Waals surface area contributed by atoms with Gasteiger partial charge in [-0.3, -0.25) is 0 Å². The van der Waals surface area contributed by atoms with E-state index in [0.717, 1.165) is 23.5 Å². The number of furan rings is 1. The van der Waals surface area contributed by atoms with Crippen LogP contribution in [-0.2, 0) is 4.84 Å². The van der Waals surface area contributed by atoms with E-state index in [9.17, 15) is 0 Å². The summed E-state index contributed by atoms with van der Waals surface area (Å²) in [5, 5.41) is 2.63. The van der Waals surface area contributed by atoms with E-state index < -0.39 is 0 Å². The number of hydrogen-bond acceptors (Lipinski definition) is 4. The molecular formula is C20H25ClN2O2. The van der Waals surface area contributed by atoms with Crippen molar-refractivity contribution < 1.29 is 9.25 Å². The molecule has 0 radical (unpaired) electrons. The number of hydroxylamine groups is 2. The Hall–Kier alpha value is -1.91. The van der Waals surface area contributed by atoms with Gasteiger partial charge in [0.25, 0.3) is 0 Å². The number of nitrogens with two attached hydrogens (primary N) is 1. The lowest BCUT2D eigenvalue weighted by atomic mass is 10.1. The van der Waals surface area contributed by atoms with Crippen LogP contribution in [0.25, 0.3) is 11.3 Å². The SMILES string of the molecule is CCCCCC(C)N1OC(N)=CC1c1ccc(-c2cccc(Cl)c2)o1. The molecule has 3 rings (SSSR count). The number of benzene rings is 1. The van der Waals surface area contributed by atoms with Crippen molar-refractivity contribution in [1.29, 1.82) is 0 Å². The van der Waals surface area contributed by atoms with Crippen LogP contribution in [0.2, 0.25) is 5.02 Å². The molecule has 0 aliphatic carbocycles. The molecule has 2 unspecified atom stereocenters. The highest BCUT2D eigenvalue weighted by molar-refractivity contribution is 6.30. The normalized spacial score (nSPS) is 18.8. The van der Waals surface area contributed by atoms with Crippen molar-refractivity contribution in [3.8, 4) is 11.3 Å². The molecular weight excluding hydrogens is 336 g/mol. The summed E-state index contributed by atoms with van der Waals surface area (Å²) in [6.45, 7) is 4.37. The maximum absolute atomic E-state index is 6.08. The third-order valence-corrected chi connectivity index (χ3v) is 4.73. The van der Waals surface area contributed by atoms with E-state index in [1.807, 2.05) is 47.5 Å². The molecule has 25 heavy (non-hydrogen) atoms. The average molecular weight is 361 g/mol. The molecule has 1 aromatic carbocycles. The van der Waals surface area contributed by atoms with Gasteiger partial charge in [0.05, 0.1) is 0 Å². The Labute approximate surface area is 154 Å². The largest absolute Gasteiger partial charge is 0.459 e. The maximum atomic E-state index is 6.08. The first kappa shape index (κ1) is 17.9. The minimum atomic E-state index is -0.107. The molecule has 2 N–H and O–H groups in total. The van der Waals surface area contributed by atoms with E-state index in [2.05, 4.69) is 13.8 Å². The van der Waals surface area contributed by atoms with Crippen molar-refractivity contribution in [3.05, 3.63) is 59.1 Å². The fourth-order valence-corrected chi connectivity index (χ4v) is 3.33. The Morgan fingerprint density at radius 3 is 2.84 bits per heavy atom. The smallest absolute Gasteiger partial charge is 0.207 e. The third kappa shape index (κ3) is 4.20. The second-order valence-electron chi connectivity index (χ2n) is 6.52. The summed E-state index contributed by atoms with van der Waals surface area (Å²) in [5.74, 6) is 2.03. The molecule has 0 amide bonds. The van der Waals surface area contributed by atoms with Crippen molar-refractivity contribution in [3.63, 3.8) is 0 Å². The van der Waals surface area contributed by atoms with Crippen LogP contribution in [0.5, 0.6) is 0 Å². The van der Waals surface area contributed by atoms with Crippen molar-refractivity contribution >= 4 is 11.6 Å². The van der Waals surface area contributed by atoms with Crippen LogP contribution < -0.4 is 5.73 Å². The molecule has 4 nitrogen and oxygen atoms in total. The number of halogens is 1. The topological polar surface area (TPSA) is 51.6 Å². The van der Waals surface area contributed by atoms with Gasteiger partial charge < -0.3 is 15.0 Å². The molecule has 1 aromatic heterocycles. The van der Waals surface area contributed by atoms with Crippen LogP contribution >= 0.6 is 11.6 Å². The van der Waals surface area contributed by atoms with E-state index in [4.69, 9.17) is 26.6 Å². The standard InChI is InChI=1S/C20H25ClN2O2/c1-3-4-5-7-14(2)23-17(13-20(22)25-23)19-11-10-18(24-19)15-8-6-9-16(21)12-15/h6,8-14,17H,3-5,7,22H2,1-2H3. The Kier molecular flexibility index (Phi) is 5.71. The summed E-state index contributed by atoms with van der Waals surface area (Å²) in [5.41, 5.74) is 6.88. The Bertz CT molecular complexity index is 741. The molecule has 134 valence electrons. The van der Waals surface area contributed by atoms with Crippen LogP contribution in [0.4, 0.5) is 0 Å². The Balaban J connectivity index is 1.77. The van der Waals surface area contributed by atoms with Crippen LogP contribution in [-0.4, -0.2) is 11.1 Å². The minimum Gasteiger partial charge on any atom is -0.459 e. The number of unbranched alkanes of at least 4 members (excludes halogenated alkanes) is 2. The second-order valence-corrected chi connectivity index (χ2v) is 6.96. The third-order valence-electron chi connectivity index (χ3n) is 4.49. The molecule has 0 saturated carbocycles. The molecule has 2 atom stereocenters. The van der Waals surface area contributed by atoms with Gasteiger partial charge >= 0.3 is 0 Å². The summed E-state index contributed by atoms with van der Waals surface area (Å²) < 4.78 is 6.08.